The van der Waals surface area contributed by atoms with Crippen LogP contribution in [0.15, 0.2) is 6.07 Å². The van der Waals surface area contributed by atoms with E-state index in [1.165, 1.54) is 6.07 Å². The Morgan fingerprint density at radius 2 is 2.27 bits per heavy atom. The van der Waals surface area contributed by atoms with Crippen LogP contribution in [0.25, 0.3) is 0 Å². The van der Waals surface area contributed by atoms with E-state index in [1.54, 1.807) is 0 Å². The Morgan fingerprint density at radius 3 is 2.88 bits per heavy atom. The van der Waals surface area contributed by atoms with Crippen LogP contribution in [0.1, 0.15) is 18.4 Å². The topological polar surface area (TPSA) is 90.9 Å². The number of phenols is 1. The summed E-state index contributed by atoms with van der Waals surface area (Å²) in [6.45, 7) is 0.339. The van der Waals surface area contributed by atoms with Crippen molar-refractivity contribution >= 4 is 22.8 Å². The van der Waals surface area contributed by atoms with Gasteiger partial charge in [-0.15, -0.1) is 0 Å². The van der Waals surface area contributed by atoms with Gasteiger partial charge in [-0.2, -0.15) is 0 Å². The van der Waals surface area contributed by atoms with Crippen molar-refractivity contribution in [2.24, 2.45) is 5.41 Å². The predicted molar refractivity (Wildman–Crippen MR) is 90.3 cm³/mol. The molecule has 2 heterocycles. The average molecular weight is 387 g/mol. The first kappa shape index (κ1) is 17.5. The van der Waals surface area contributed by atoms with Gasteiger partial charge in [0.05, 0.1) is 6.67 Å². The zero-order chi connectivity index (χ0) is 18.5. The largest absolute Gasteiger partial charge is 0.505 e. The fraction of sp³-hybridized carbons (Fsp3) is 0.562. The number of rotatable bonds is 6. The van der Waals surface area contributed by atoms with Gasteiger partial charge in [0.25, 0.3) is 5.91 Å². The number of carbonyl (C=O) groups excluding carboxylic acids is 1. The third-order valence-corrected chi connectivity index (χ3v) is 6.17. The summed E-state index contributed by atoms with van der Waals surface area (Å²) in [5, 5.41) is 13.3. The van der Waals surface area contributed by atoms with E-state index < -0.39 is 28.6 Å². The van der Waals surface area contributed by atoms with Crippen molar-refractivity contribution in [2.75, 3.05) is 30.6 Å². The monoisotopic (exact) mass is 387 g/mol. The van der Waals surface area contributed by atoms with Crippen LogP contribution in [0.5, 0.6) is 11.5 Å². The number of anilines is 1. The predicted octanol–water partition coefficient (Wildman–Crippen LogP) is 0.689. The number of alkyl halides is 1. The number of aromatic hydroxyl groups is 1. The first-order valence-electron chi connectivity index (χ1n) is 8.39. The van der Waals surface area contributed by atoms with Gasteiger partial charge in [-0.05, 0) is 12.8 Å². The number of hydrogen-bond donors (Lipinski definition) is 3. The van der Waals surface area contributed by atoms with Crippen molar-refractivity contribution in [2.45, 2.75) is 25.4 Å². The molecule has 1 amide bonds. The number of hydrogen-bond acceptors (Lipinski definition) is 5. The molecule has 4 rings (SSSR count). The van der Waals surface area contributed by atoms with E-state index in [4.69, 9.17) is 4.74 Å². The molecule has 7 nitrogen and oxygen atoms in total. The Hall–Kier alpha value is -1.94. The third-order valence-electron chi connectivity index (χ3n) is 5.06. The molecule has 0 bridgehead atoms. The Labute approximate surface area is 151 Å². The van der Waals surface area contributed by atoms with Crippen LogP contribution in [0, 0.1) is 11.2 Å². The van der Waals surface area contributed by atoms with Crippen molar-refractivity contribution in [1.82, 2.24) is 10.0 Å². The van der Waals surface area contributed by atoms with Crippen LogP contribution in [-0.4, -0.2) is 47.6 Å². The maximum atomic E-state index is 14.9. The number of carbonyl (C=O) groups is 1. The van der Waals surface area contributed by atoms with Gasteiger partial charge in [-0.1, -0.05) is 0 Å². The summed E-state index contributed by atoms with van der Waals surface area (Å²) in [5.41, 5.74) is -0.249. The molecule has 1 aliphatic carbocycles. The second-order valence-electron chi connectivity index (χ2n) is 7.05. The molecule has 0 aromatic heterocycles. The standard InChI is InChI=1S/C16H19F2N3O4S/c17-7-16(1-2-16)8-19-5-9-3-10-12(25-9)4-11(22)15(14(10)18)21-6-13(23)20-26(21)24/h4,9,19,22H,1-3,5-8H2,(H,20,23). The van der Waals surface area contributed by atoms with Crippen LogP contribution in [0.3, 0.4) is 0 Å². The number of ether oxygens (including phenoxy) is 1. The van der Waals surface area contributed by atoms with E-state index in [9.17, 15) is 22.9 Å². The van der Waals surface area contributed by atoms with E-state index in [-0.39, 0.29) is 48.2 Å². The highest BCUT2D eigenvalue weighted by Gasteiger charge is 2.42. The molecule has 2 aliphatic heterocycles. The van der Waals surface area contributed by atoms with Crippen LogP contribution >= 0.6 is 0 Å². The van der Waals surface area contributed by atoms with Crippen molar-refractivity contribution < 1.29 is 27.6 Å². The second-order valence-corrected chi connectivity index (χ2v) is 8.20. The fourth-order valence-corrected chi connectivity index (χ4v) is 4.25. The molecule has 3 N–H and O–H groups in total. The van der Waals surface area contributed by atoms with Crippen LogP contribution < -0.4 is 19.1 Å². The molecule has 26 heavy (non-hydrogen) atoms. The van der Waals surface area contributed by atoms with Gasteiger partial charge in [-0.3, -0.25) is 18.2 Å². The number of nitrogens with zero attached hydrogens (tertiary/aromatic N) is 1. The highest BCUT2D eigenvalue weighted by atomic mass is 32.2. The summed E-state index contributed by atoms with van der Waals surface area (Å²) in [7, 11) is 0. The number of amides is 1. The lowest BCUT2D eigenvalue weighted by Gasteiger charge is -2.17. The molecule has 1 aromatic rings. The molecule has 1 saturated heterocycles. The molecular weight excluding hydrogens is 368 g/mol. The summed E-state index contributed by atoms with van der Waals surface area (Å²) in [4.78, 5) is 11.4. The maximum Gasteiger partial charge on any atom is 0.253 e. The highest BCUT2D eigenvalue weighted by molar-refractivity contribution is 7.85. The summed E-state index contributed by atoms with van der Waals surface area (Å²) in [6.07, 6.45) is 1.67. The second kappa shape index (κ2) is 6.34. The van der Waals surface area contributed by atoms with Gasteiger partial charge < -0.3 is 15.2 Å². The third kappa shape index (κ3) is 3.01. The maximum absolute atomic E-state index is 14.9. The van der Waals surface area contributed by atoms with Crippen molar-refractivity contribution in [3.8, 4) is 11.5 Å². The van der Waals surface area contributed by atoms with Gasteiger partial charge >= 0.3 is 0 Å². The molecule has 3 aliphatic rings. The fourth-order valence-electron chi connectivity index (χ4n) is 3.31. The summed E-state index contributed by atoms with van der Waals surface area (Å²) in [6, 6.07) is 1.28. The van der Waals surface area contributed by atoms with Gasteiger partial charge in [-0.25, -0.2) is 8.60 Å². The average Bonchev–Trinajstić information content (AvgIpc) is 3.14. The van der Waals surface area contributed by atoms with Crippen molar-refractivity contribution in [3.05, 3.63) is 17.4 Å². The van der Waals surface area contributed by atoms with E-state index in [0.717, 1.165) is 17.1 Å². The molecule has 2 unspecified atom stereocenters. The van der Waals surface area contributed by atoms with E-state index in [1.807, 2.05) is 0 Å². The normalized spacial score (nSPS) is 25.8. The molecule has 0 radical (unpaired) electrons. The molecule has 1 aromatic carbocycles. The number of nitrogens with one attached hydrogen (secondary N) is 2. The first-order valence-corrected chi connectivity index (χ1v) is 9.50. The van der Waals surface area contributed by atoms with Crippen LogP contribution in [-0.2, 0) is 22.4 Å². The van der Waals surface area contributed by atoms with Gasteiger partial charge in [0, 0.05) is 36.6 Å². The summed E-state index contributed by atoms with van der Waals surface area (Å²) < 4.78 is 48.5. The SMILES string of the molecule is O=C1CN(c2c(O)cc3c(c2F)CC(CNCC2(CF)CC2)O3)S(=O)N1. The smallest absolute Gasteiger partial charge is 0.253 e. The lowest BCUT2D eigenvalue weighted by atomic mass is 10.1. The van der Waals surface area contributed by atoms with E-state index >= 15 is 0 Å². The number of phenolic OH excluding ortho intramolecular Hbond substituents is 1. The minimum absolute atomic E-state index is 0.228. The van der Waals surface area contributed by atoms with Crippen LogP contribution in [0.4, 0.5) is 14.5 Å². The number of fused-ring (bicyclic) bond motifs is 1. The van der Waals surface area contributed by atoms with Gasteiger partial charge in [0.1, 0.15) is 29.8 Å². The molecule has 142 valence electrons. The lowest BCUT2D eigenvalue weighted by Crippen LogP contribution is -2.34. The van der Waals surface area contributed by atoms with Crippen molar-refractivity contribution in [1.29, 1.82) is 0 Å². The number of halogens is 2. The molecule has 10 heteroatoms. The van der Waals surface area contributed by atoms with Crippen LogP contribution in [0.2, 0.25) is 0 Å². The lowest BCUT2D eigenvalue weighted by molar-refractivity contribution is -0.117. The Bertz CT molecular complexity index is 787. The quantitative estimate of drug-likeness (QED) is 0.668. The highest BCUT2D eigenvalue weighted by Crippen LogP contribution is 2.45. The Morgan fingerprint density at radius 1 is 1.50 bits per heavy atom. The summed E-state index contributed by atoms with van der Waals surface area (Å²) in [5.74, 6) is -1.46. The first-order chi connectivity index (χ1) is 12.4. The number of benzene rings is 1. The Balaban J connectivity index is 1.47. The molecule has 2 fully saturated rings. The molecular formula is C16H19F2N3O4S. The molecule has 0 spiro atoms. The van der Waals surface area contributed by atoms with E-state index in [2.05, 4.69) is 10.0 Å². The minimum Gasteiger partial charge on any atom is -0.505 e. The van der Waals surface area contributed by atoms with E-state index in [0.29, 0.717) is 13.1 Å². The van der Waals surface area contributed by atoms with Crippen molar-refractivity contribution in [3.63, 3.8) is 0 Å². The molecule has 2 atom stereocenters. The Kier molecular flexibility index (Phi) is 4.26. The minimum atomic E-state index is -1.93. The summed E-state index contributed by atoms with van der Waals surface area (Å²) >= 11 is -1.93. The molecule has 1 saturated carbocycles. The zero-order valence-electron chi connectivity index (χ0n) is 13.9. The van der Waals surface area contributed by atoms with Gasteiger partial charge in [0.15, 0.2) is 5.82 Å². The zero-order valence-corrected chi connectivity index (χ0v) is 14.7. The van der Waals surface area contributed by atoms with Gasteiger partial charge in [0.2, 0.25) is 11.2 Å².